The fourth-order valence-corrected chi connectivity index (χ4v) is 26.1. The van der Waals surface area contributed by atoms with Crippen LogP contribution in [0.25, 0.3) is 0 Å². The number of hydrogen-bond acceptors (Lipinski definition) is 14. The van der Waals surface area contributed by atoms with Crippen molar-refractivity contribution in [3.8, 4) is 0 Å². The van der Waals surface area contributed by atoms with Crippen LogP contribution >= 0.6 is 0 Å². The monoisotopic (exact) mass is 1210 g/mol. The fraction of sp³-hybridized carbons (Fsp3) is 0.784. The van der Waals surface area contributed by atoms with Crippen LogP contribution in [0.2, 0.25) is 0 Å². The lowest BCUT2D eigenvalue weighted by atomic mass is 9.43. The number of carbonyl (C=O) groups excluding carboxylic acids is 1. The Morgan fingerprint density at radius 1 is 0.455 bits per heavy atom. The lowest BCUT2D eigenvalue weighted by Crippen LogP contribution is -2.62. The van der Waals surface area contributed by atoms with Gasteiger partial charge >= 0.3 is 22.8 Å². The summed E-state index contributed by atoms with van der Waals surface area (Å²) in [5.74, 6) is 5.48. The number of esters is 1. The molecule has 14 aliphatic rings. The molecule has 88 heavy (non-hydrogen) atoms. The van der Waals surface area contributed by atoms with Gasteiger partial charge in [-0.05, 0) is 270 Å². The lowest BCUT2D eigenvalue weighted by molar-refractivity contribution is -0.205. The van der Waals surface area contributed by atoms with Crippen molar-refractivity contribution in [1.29, 1.82) is 0 Å². The van der Waals surface area contributed by atoms with Crippen molar-refractivity contribution in [2.75, 3.05) is 0 Å². The third-order valence-corrected chi connectivity index (χ3v) is 30.6. The van der Waals surface area contributed by atoms with Gasteiger partial charge in [-0.2, -0.15) is 0 Å². The molecule has 480 valence electrons. The molecule has 14 nitrogen and oxygen atoms in total. The molecule has 14 fully saturated rings. The van der Waals surface area contributed by atoms with Crippen LogP contribution in [0, 0.1) is 85.8 Å². The van der Waals surface area contributed by atoms with Crippen LogP contribution in [-0.2, 0) is 19.0 Å². The van der Waals surface area contributed by atoms with Crippen LogP contribution in [0.1, 0.15) is 237 Å². The van der Waals surface area contributed by atoms with Gasteiger partial charge in [0.15, 0.2) is 0 Å². The van der Waals surface area contributed by atoms with Crippen LogP contribution in [-0.4, -0.2) is 79.8 Å². The zero-order valence-corrected chi connectivity index (χ0v) is 53.4. The first-order valence-corrected chi connectivity index (χ1v) is 34.9. The number of aliphatic hydroxyl groups is 4. The van der Waals surface area contributed by atoms with E-state index in [0.717, 1.165) is 133 Å². The first kappa shape index (κ1) is 60.3. The molecule has 0 unspecified atom stereocenters. The first-order chi connectivity index (χ1) is 41.9. The summed E-state index contributed by atoms with van der Waals surface area (Å²) in [6.07, 6.45) is 30.0. The van der Waals surface area contributed by atoms with E-state index in [1.165, 1.54) is 63.1 Å². The molecule has 0 amide bonds. The maximum absolute atomic E-state index is 12.2. The van der Waals surface area contributed by atoms with Crippen LogP contribution in [0.15, 0.2) is 82.8 Å². The van der Waals surface area contributed by atoms with Gasteiger partial charge < -0.3 is 47.9 Å². The second-order valence-electron chi connectivity index (χ2n) is 33.4. The largest absolute Gasteiger partial charge is 0.459 e. The third-order valence-electron chi connectivity index (χ3n) is 30.6. The predicted octanol–water partition coefficient (Wildman–Crippen LogP) is 12.3. The molecule has 2 saturated heterocycles. The van der Waals surface area contributed by atoms with E-state index in [-0.39, 0.29) is 103 Å². The van der Waals surface area contributed by atoms with Gasteiger partial charge in [0.2, 0.25) is 0 Å². The van der Waals surface area contributed by atoms with Crippen molar-refractivity contribution in [2.24, 2.45) is 85.8 Å². The molecule has 0 bridgehead atoms. The molecule has 2 aliphatic heterocycles. The highest BCUT2D eigenvalue weighted by Crippen LogP contribution is 2.80. The van der Waals surface area contributed by atoms with Gasteiger partial charge in [0.25, 0.3) is 0 Å². The maximum atomic E-state index is 12.2. The maximum Gasteiger partial charge on any atom is 0.335 e. The zero-order chi connectivity index (χ0) is 61.5. The minimum Gasteiger partial charge on any atom is -0.459 e. The van der Waals surface area contributed by atoms with E-state index >= 15 is 0 Å². The van der Waals surface area contributed by atoms with Crippen molar-refractivity contribution >= 4 is 5.97 Å². The second kappa shape index (κ2) is 20.8. The highest BCUT2D eigenvalue weighted by atomic mass is 16.7. The average Bonchev–Trinajstić information content (AvgIpc) is 1.48. The Morgan fingerprint density at radius 2 is 0.898 bits per heavy atom. The van der Waals surface area contributed by atoms with E-state index in [9.17, 15) is 39.6 Å². The first-order valence-electron chi connectivity index (χ1n) is 34.9. The summed E-state index contributed by atoms with van der Waals surface area (Å²) in [6.45, 7) is 15.9. The van der Waals surface area contributed by atoms with Gasteiger partial charge in [0.1, 0.15) is 23.4 Å². The van der Waals surface area contributed by atoms with E-state index < -0.39 is 5.60 Å². The van der Waals surface area contributed by atoms with Crippen molar-refractivity contribution in [3.63, 3.8) is 0 Å². The Kier molecular flexibility index (Phi) is 14.3. The van der Waals surface area contributed by atoms with Gasteiger partial charge in [-0.25, -0.2) is 14.4 Å². The van der Waals surface area contributed by atoms with E-state index in [1.54, 1.807) is 24.9 Å². The topological polar surface area (TPSA) is 223 Å². The Morgan fingerprint density at radius 3 is 1.39 bits per heavy atom. The highest BCUT2D eigenvalue weighted by molar-refractivity contribution is 5.67. The number of rotatable bonds is 4. The average molecular weight is 1210 g/mol. The van der Waals surface area contributed by atoms with Gasteiger partial charge in [-0.15, -0.1) is 0 Å². The summed E-state index contributed by atoms with van der Waals surface area (Å²) >= 11 is 0. The Hall–Kier alpha value is -3.92. The normalized spacial score (nSPS) is 51.9. The molecular formula is C74H100O14. The molecule has 2 spiro atoms. The van der Waals surface area contributed by atoms with Crippen LogP contribution < -0.4 is 16.9 Å². The van der Waals surface area contributed by atoms with E-state index in [2.05, 4.69) is 41.5 Å². The number of epoxide rings is 2. The van der Waals surface area contributed by atoms with Crippen LogP contribution in [0.4, 0.5) is 0 Å². The van der Waals surface area contributed by atoms with Crippen molar-refractivity contribution in [2.45, 2.75) is 274 Å². The number of hydrogen-bond donors (Lipinski definition) is 4. The third kappa shape index (κ3) is 8.49. The Labute approximate surface area is 519 Å². The molecule has 27 atom stereocenters. The van der Waals surface area contributed by atoms with Crippen molar-refractivity contribution in [1.82, 2.24) is 0 Å². The zero-order valence-electron chi connectivity index (χ0n) is 53.4. The summed E-state index contributed by atoms with van der Waals surface area (Å²) < 4.78 is 34.8. The minimum absolute atomic E-state index is 0.0285. The quantitative estimate of drug-likeness (QED) is 0.141. The van der Waals surface area contributed by atoms with E-state index in [1.807, 2.05) is 18.2 Å². The molecule has 3 aromatic heterocycles. The van der Waals surface area contributed by atoms with Crippen molar-refractivity contribution in [3.05, 3.63) is 103 Å². The molecule has 0 radical (unpaired) electrons. The summed E-state index contributed by atoms with van der Waals surface area (Å²) in [5.41, 5.74) is 1.98. The predicted molar refractivity (Wildman–Crippen MR) is 328 cm³/mol. The molecule has 4 N–H and O–H groups in total. The molecular weight excluding hydrogens is 1110 g/mol. The van der Waals surface area contributed by atoms with Crippen LogP contribution in [0.3, 0.4) is 0 Å². The van der Waals surface area contributed by atoms with Gasteiger partial charge in [0, 0.05) is 47.3 Å². The summed E-state index contributed by atoms with van der Waals surface area (Å²) in [5, 5.41) is 42.9. The minimum atomic E-state index is -0.638. The molecule has 14 heteroatoms. The van der Waals surface area contributed by atoms with Gasteiger partial charge in [-0.3, -0.25) is 4.79 Å². The number of carbonyl (C=O) groups is 1. The second-order valence-corrected chi connectivity index (χ2v) is 33.4. The van der Waals surface area contributed by atoms with Crippen LogP contribution in [0.5, 0.6) is 0 Å². The van der Waals surface area contributed by atoms with Gasteiger partial charge in [0.05, 0.1) is 48.8 Å². The summed E-state index contributed by atoms with van der Waals surface area (Å²) in [7, 11) is 0. The molecule has 17 rings (SSSR count). The Bertz CT molecular complexity index is 3190. The van der Waals surface area contributed by atoms with Crippen molar-refractivity contribution < 1.29 is 52.7 Å². The Balaban J connectivity index is 0.000000111. The fourth-order valence-electron chi connectivity index (χ4n) is 26.1. The lowest BCUT2D eigenvalue weighted by Gasteiger charge is -2.63. The number of fused-ring (bicyclic) bond motifs is 11. The SMILES string of the molecule is CC(=O)O[C@H]1[C@H]2O[C@]23[C@@H]2CC[C@@H]4C[C@@H](O)CC[C@]4(C)[C@H]2CC[C@]3(C)[C@H]1c1ccc(=O)oc1.C[C@]12CC[C@H](O)C[C@H]1CC[C@@H]1[C@@H]2CC[C@]2(C)[C@@H](c3ccc(=O)oc3)CC[C@]12O.C[C@]12CC[C@H](O)C[C@H]1CC[C@@H]1[C@@H]2CC[C@]2(C)[C@@H](c3ccc(=O)oc3)C[C@H]3O[C@]132. The highest BCUT2D eigenvalue weighted by Gasteiger charge is 2.85. The molecule has 5 heterocycles. The molecule has 12 saturated carbocycles. The summed E-state index contributed by atoms with van der Waals surface area (Å²) in [6, 6.07) is 10.3. The molecule has 3 aromatic rings. The molecule has 0 aromatic carbocycles. The smallest absolute Gasteiger partial charge is 0.335 e. The van der Waals surface area contributed by atoms with E-state index in [4.69, 9.17) is 27.5 Å². The van der Waals surface area contributed by atoms with E-state index in [0.29, 0.717) is 64.8 Å². The van der Waals surface area contributed by atoms with Gasteiger partial charge in [-0.1, -0.05) is 41.5 Å². The number of aliphatic hydroxyl groups excluding tert-OH is 3. The standard InChI is InChI=1S/C26H34O6.C24H32O4.C24H34O4/c1-14(27)31-22-21(15-4-7-20(29)30-13-15)25(3)11-9-18-19(26(25)23(22)32-26)6-5-16-12-17(28)8-10-24(16,18)2;1-22-9-7-16(25)11-15(22)4-5-18-17(22)8-10-23(2)19(12-20-24(18,23)28-20)14-3-6-21(26)27-13-14;1-22-10-7-17(25)13-16(22)4-5-20-19(22)8-11-23(2)18(9-12-24(20,23)27)15-3-6-21(26)28-14-15/h4,7,13,16-19,21-23,28H,5-6,8-12H2,1-3H3;3,6,13,15-20,25H,4-5,7-12H2,1-2H3;3,6,14,16-20,25,27H,4-5,7-13H2,1-2H3/t16-,17+,18+,19-,21+,22-,23-,24+,25-,26-;15-,16+,17+,18-,19-,20-,22+,23-,24-;16-,17+,18-,19+,20-,22+,23-,24+/m111/s1. The molecule has 12 aliphatic carbocycles. The summed E-state index contributed by atoms with van der Waals surface area (Å²) in [4.78, 5) is 46.5. The number of ether oxygens (including phenoxy) is 3.